The fraction of sp³-hybridized carbons (Fsp3) is 0.273. The third kappa shape index (κ3) is 3.05. The lowest BCUT2D eigenvalue weighted by Gasteiger charge is -2.08. The van der Waals surface area contributed by atoms with Crippen LogP contribution in [0.25, 0.3) is 10.7 Å². The van der Waals surface area contributed by atoms with Crippen molar-refractivity contribution in [2.45, 2.75) is 13.8 Å². The van der Waals surface area contributed by atoms with Crippen LogP contribution in [0.4, 0.5) is 5.82 Å². The van der Waals surface area contributed by atoms with Gasteiger partial charge in [0.2, 0.25) is 0 Å². The summed E-state index contributed by atoms with van der Waals surface area (Å²) in [5.74, 6) is 1.67. The highest BCUT2D eigenvalue weighted by molar-refractivity contribution is 14.1. The van der Waals surface area contributed by atoms with Crippen LogP contribution in [0.15, 0.2) is 14.3 Å². The summed E-state index contributed by atoms with van der Waals surface area (Å²) in [7, 11) is 0. The lowest BCUT2D eigenvalue weighted by molar-refractivity contribution is 1.07. The van der Waals surface area contributed by atoms with E-state index < -0.39 is 0 Å². The molecule has 18 heavy (non-hydrogen) atoms. The van der Waals surface area contributed by atoms with Crippen molar-refractivity contribution in [2.75, 3.05) is 11.9 Å². The molecule has 0 radical (unpaired) electrons. The van der Waals surface area contributed by atoms with Gasteiger partial charge in [-0.25, -0.2) is 9.97 Å². The predicted octanol–water partition coefficient (Wildman–Crippen LogP) is 5.07. The molecule has 1 N–H and O–H groups in total. The molecular formula is C11H10Br2IN3S. The minimum absolute atomic E-state index is 0.764. The van der Waals surface area contributed by atoms with Crippen molar-refractivity contribution in [3.8, 4) is 10.7 Å². The van der Waals surface area contributed by atoms with Gasteiger partial charge in [0, 0.05) is 11.0 Å². The summed E-state index contributed by atoms with van der Waals surface area (Å²) >= 11 is 10.9. The number of hydrogen-bond donors (Lipinski definition) is 1. The SMILES string of the molecule is CCNc1nc(-c2cc(Br)c(Br)s2)nc(C)c1I. The number of nitrogens with one attached hydrogen (secondary N) is 1. The summed E-state index contributed by atoms with van der Waals surface area (Å²) in [6.45, 7) is 4.92. The van der Waals surface area contributed by atoms with E-state index in [4.69, 9.17) is 0 Å². The third-order valence-electron chi connectivity index (χ3n) is 2.23. The zero-order chi connectivity index (χ0) is 13.3. The summed E-state index contributed by atoms with van der Waals surface area (Å²) in [6.07, 6.45) is 0. The Hall–Kier alpha value is 0.270. The second-order valence-corrected chi connectivity index (χ2v) is 7.86. The fourth-order valence-electron chi connectivity index (χ4n) is 1.41. The maximum atomic E-state index is 4.59. The van der Waals surface area contributed by atoms with E-state index in [1.165, 1.54) is 0 Å². The van der Waals surface area contributed by atoms with Crippen molar-refractivity contribution in [1.82, 2.24) is 9.97 Å². The molecule has 0 fully saturated rings. The molecular weight excluding hydrogens is 493 g/mol. The predicted molar refractivity (Wildman–Crippen MR) is 92.4 cm³/mol. The van der Waals surface area contributed by atoms with Gasteiger partial charge in [0.25, 0.3) is 0 Å². The first kappa shape index (κ1) is 14.7. The third-order valence-corrected chi connectivity index (χ3v) is 6.77. The number of rotatable bonds is 3. The summed E-state index contributed by atoms with van der Waals surface area (Å²) < 4.78 is 3.17. The van der Waals surface area contributed by atoms with Crippen molar-refractivity contribution < 1.29 is 0 Å². The van der Waals surface area contributed by atoms with E-state index >= 15 is 0 Å². The minimum Gasteiger partial charge on any atom is -0.369 e. The number of anilines is 1. The topological polar surface area (TPSA) is 37.8 Å². The lowest BCUT2D eigenvalue weighted by Crippen LogP contribution is -2.05. The molecule has 2 aromatic heterocycles. The quantitative estimate of drug-likeness (QED) is 0.595. The van der Waals surface area contributed by atoms with Gasteiger partial charge in [-0.05, 0) is 74.4 Å². The van der Waals surface area contributed by atoms with Gasteiger partial charge in [-0.15, -0.1) is 11.3 Å². The number of nitrogens with zero attached hydrogens (tertiary/aromatic N) is 2. The van der Waals surface area contributed by atoms with E-state index in [2.05, 4.69) is 76.7 Å². The highest BCUT2D eigenvalue weighted by Crippen LogP contribution is 2.37. The van der Waals surface area contributed by atoms with Gasteiger partial charge >= 0.3 is 0 Å². The second kappa shape index (κ2) is 6.15. The Labute approximate surface area is 140 Å². The lowest BCUT2D eigenvalue weighted by atomic mass is 10.3. The normalized spacial score (nSPS) is 10.7. The molecule has 0 amide bonds. The van der Waals surface area contributed by atoms with Crippen LogP contribution in [0.5, 0.6) is 0 Å². The summed E-state index contributed by atoms with van der Waals surface area (Å²) in [6, 6.07) is 2.03. The van der Waals surface area contributed by atoms with Gasteiger partial charge < -0.3 is 5.32 Å². The van der Waals surface area contributed by atoms with Crippen LogP contribution in [0.3, 0.4) is 0 Å². The summed E-state index contributed by atoms with van der Waals surface area (Å²) in [5.41, 5.74) is 0.997. The number of aromatic nitrogens is 2. The Morgan fingerprint density at radius 2 is 2.11 bits per heavy atom. The molecule has 2 heterocycles. The number of halogens is 3. The van der Waals surface area contributed by atoms with E-state index in [1.807, 2.05) is 13.0 Å². The van der Waals surface area contributed by atoms with Crippen LogP contribution in [-0.2, 0) is 0 Å². The molecule has 0 spiro atoms. The van der Waals surface area contributed by atoms with Crippen LogP contribution in [0.1, 0.15) is 12.6 Å². The van der Waals surface area contributed by atoms with Gasteiger partial charge in [0.15, 0.2) is 5.82 Å². The molecule has 0 unspecified atom stereocenters. The van der Waals surface area contributed by atoms with E-state index in [1.54, 1.807) is 11.3 Å². The molecule has 96 valence electrons. The Bertz CT molecular complexity index is 566. The molecule has 0 bridgehead atoms. The Morgan fingerprint density at radius 3 is 2.67 bits per heavy atom. The minimum atomic E-state index is 0.764. The fourth-order valence-corrected chi connectivity index (χ4v) is 3.81. The van der Waals surface area contributed by atoms with Crippen LogP contribution in [-0.4, -0.2) is 16.5 Å². The van der Waals surface area contributed by atoms with Crippen molar-refractivity contribution in [3.05, 3.63) is 23.6 Å². The Kier molecular flexibility index (Phi) is 5.01. The molecule has 2 rings (SSSR count). The van der Waals surface area contributed by atoms with Crippen LogP contribution < -0.4 is 5.32 Å². The molecule has 3 nitrogen and oxygen atoms in total. The smallest absolute Gasteiger partial charge is 0.172 e. The Balaban J connectivity index is 2.51. The molecule has 0 saturated carbocycles. The number of aryl methyl sites for hydroxylation is 1. The summed E-state index contributed by atoms with van der Waals surface area (Å²) in [4.78, 5) is 10.2. The first-order valence-corrected chi connectivity index (χ1v) is 8.74. The first-order valence-electron chi connectivity index (χ1n) is 5.26. The van der Waals surface area contributed by atoms with Gasteiger partial charge in [-0.1, -0.05) is 0 Å². The monoisotopic (exact) mass is 501 g/mol. The van der Waals surface area contributed by atoms with E-state index in [9.17, 15) is 0 Å². The largest absolute Gasteiger partial charge is 0.369 e. The molecule has 0 aliphatic heterocycles. The molecule has 7 heteroatoms. The van der Waals surface area contributed by atoms with Crippen molar-refractivity contribution in [2.24, 2.45) is 0 Å². The van der Waals surface area contributed by atoms with Crippen molar-refractivity contribution in [3.63, 3.8) is 0 Å². The molecule has 0 saturated heterocycles. The van der Waals surface area contributed by atoms with Gasteiger partial charge in [-0.2, -0.15) is 0 Å². The average molecular weight is 503 g/mol. The molecule has 0 aliphatic carbocycles. The van der Waals surface area contributed by atoms with Gasteiger partial charge in [-0.3, -0.25) is 0 Å². The molecule has 0 aromatic carbocycles. The summed E-state index contributed by atoms with van der Waals surface area (Å²) in [5, 5.41) is 3.27. The highest BCUT2D eigenvalue weighted by Gasteiger charge is 2.13. The first-order chi connectivity index (χ1) is 8.52. The number of thiophene rings is 1. The van der Waals surface area contributed by atoms with Gasteiger partial charge in [0.1, 0.15) is 5.82 Å². The molecule has 0 atom stereocenters. The van der Waals surface area contributed by atoms with Crippen LogP contribution in [0, 0.1) is 10.5 Å². The molecule has 0 aliphatic rings. The van der Waals surface area contributed by atoms with E-state index in [0.717, 1.165) is 40.6 Å². The second-order valence-electron chi connectivity index (χ2n) is 3.56. The zero-order valence-corrected chi connectivity index (χ0v) is 15.9. The highest BCUT2D eigenvalue weighted by atomic mass is 127. The van der Waals surface area contributed by atoms with E-state index in [0.29, 0.717) is 0 Å². The average Bonchev–Trinajstić information content (AvgIpc) is 2.65. The van der Waals surface area contributed by atoms with Crippen molar-refractivity contribution >= 4 is 71.6 Å². The van der Waals surface area contributed by atoms with Crippen molar-refractivity contribution in [1.29, 1.82) is 0 Å². The standard InChI is InChI=1S/C11H10Br2IN3S/c1-3-15-11-8(14)5(2)16-10(17-11)7-4-6(12)9(13)18-7/h4H,3H2,1-2H3,(H,15,16,17). The number of hydrogen-bond acceptors (Lipinski definition) is 4. The maximum absolute atomic E-state index is 4.59. The van der Waals surface area contributed by atoms with E-state index in [-0.39, 0.29) is 0 Å². The van der Waals surface area contributed by atoms with Gasteiger partial charge in [0.05, 0.1) is 17.9 Å². The van der Waals surface area contributed by atoms with Crippen LogP contribution in [0.2, 0.25) is 0 Å². The Morgan fingerprint density at radius 1 is 1.39 bits per heavy atom. The van der Waals surface area contributed by atoms with Crippen LogP contribution >= 0.6 is 65.8 Å². The zero-order valence-electron chi connectivity index (χ0n) is 9.72. The maximum Gasteiger partial charge on any atom is 0.172 e. The molecule has 2 aromatic rings.